The van der Waals surface area contributed by atoms with Crippen molar-refractivity contribution in [1.82, 2.24) is 0 Å². The number of aliphatic hydroxyl groups is 1. The molecule has 0 amide bonds. The zero-order valence-electron chi connectivity index (χ0n) is 42.4. The van der Waals surface area contributed by atoms with Crippen molar-refractivity contribution in [2.24, 2.45) is 0 Å². The Morgan fingerprint density at radius 2 is 0.500 bits per heavy atom. The van der Waals surface area contributed by atoms with E-state index in [9.17, 15) is 14.7 Å². The topological polar surface area (TPSA) is 72.8 Å². The molecule has 0 aromatic carbocycles. The minimum absolute atomic E-state index is 0.0556. The monoisotopic (exact) mass is 877 g/mol. The third kappa shape index (κ3) is 51.5. The van der Waals surface area contributed by atoms with Gasteiger partial charge in [-0.2, -0.15) is 0 Å². The predicted molar refractivity (Wildman–Crippen MR) is 270 cm³/mol. The molecule has 0 bridgehead atoms. The fourth-order valence-corrected chi connectivity index (χ4v) is 9.09. The van der Waals surface area contributed by atoms with Crippen LogP contribution in [-0.4, -0.2) is 36.4 Å². The molecule has 0 saturated carbocycles. The Balaban J connectivity index is 3.39. The molecule has 1 unspecified atom stereocenters. The Bertz CT molecular complexity index is 860. The van der Waals surface area contributed by atoms with Crippen molar-refractivity contribution in [3.63, 3.8) is 0 Å². The van der Waals surface area contributed by atoms with E-state index < -0.39 is 6.10 Å². The molecular formula is C57H112O5. The van der Waals surface area contributed by atoms with Gasteiger partial charge in [-0.05, 0) is 12.8 Å². The standard InChI is InChI=1S/C57H112O5/c1-3-5-7-9-11-13-15-17-19-21-23-25-27-28-30-32-34-36-38-40-42-44-46-48-50-52-57(60)62-55(53-58)54-61-56(59)51-49-47-45-43-41-39-37-35-33-31-29-26-24-22-20-18-16-14-12-10-8-6-4-2/h55,58H,3-54H2,1-2H3. The number of esters is 2. The van der Waals surface area contributed by atoms with Crippen LogP contribution < -0.4 is 0 Å². The summed E-state index contributed by atoms with van der Waals surface area (Å²) in [6, 6.07) is 0. The Morgan fingerprint density at radius 3 is 0.710 bits per heavy atom. The Kier molecular flexibility index (Phi) is 53.3. The average Bonchev–Trinajstić information content (AvgIpc) is 3.28. The summed E-state index contributed by atoms with van der Waals surface area (Å²) in [5.41, 5.74) is 0. The number of hydrogen-bond donors (Lipinski definition) is 1. The Morgan fingerprint density at radius 1 is 0.306 bits per heavy atom. The van der Waals surface area contributed by atoms with E-state index in [0.29, 0.717) is 12.8 Å². The van der Waals surface area contributed by atoms with E-state index in [1.165, 1.54) is 276 Å². The van der Waals surface area contributed by atoms with Crippen molar-refractivity contribution in [2.75, 3.05) is 13.2 Å². The molecule has 0 rings (SSSR count). The first-order valence-electron chi connectivity index (χ1n) is 28.6. The van der Waals surface area contributed by atoms with Gasteiger partial charge in [-0.1, -0.05) is 309 Å². The summed E-state index contributed by atoms with van der Waals surface area (Å²) in [7, 11) is 0. The number of aliphatic hydroxyl groups excluding tert-OH is 1. The van der Waals surface area contributed by atoms with Crippen molar-refractivity contribution in [1.29, 1.82) is 0 Å². The van der Waals surface area contributed by atoms with Gasteiger partial charge >= 0.3 is 11.9 Å². The van der Waals surface area contributed by atoms with E-state index >= 15 is 0 Å². The zero-order valence-corrected chi connectivity index (χ0v) is 42.4. The third-order valence-electron chi connectivity index (χ3n) is 13.4. The molecule has 0 aromatic heterocycles. The molecule has 0 saturated heterocycles. The van der Waals surface area contributed by atoms with Gasteiger partial charge in [-0.25, -0.2) is 0 Å². The molecule has 0 aliphatic rings. The SMILES string of the molecule is CCCCCCCCCCCCCCCCCCCCCCCCCCCC(=O)OC(CO)COC(=O)CCCCCCCCCCCCCCCCCCCCCCCCC. The molecule has 370 valence electrons. The van der Waals surface area contributed by atoms with Crippen LogP contribution in [0.2, 0.25) is 0 Å². The first-order chi connectivity index (χ1) is 30.6. The maximum Gasteiger partial charge on any atom is 0.306 e. The molecule has 5 heteroatoms. The number of ether oxygens (including phenoxy) is 2. The summed E-state index contributed by atoms with van der Waals surface area (Å²) in [5, 5.41) is 9.65. The molecule has 0 heterocycles. The highest BCUT2D eigenvalue weighted by Crippen LogP contribution is 2.18. The van der Waals surface area contributed by atoms with Crippen molar-refractivity contribution >= 4 is 11.9 Å². The molecule has 62 heavy (non-hydrogen) atoms. The minimum atomic E-state index is -0.764. The quantitative estimate of drug-likeness (QED) is 0.0487. The van der Waals surface area contributed by atoms with Crippen LogP contribution in [-0.2, 0) is 19.1 Å². The summed E-state index contributed by atoms with van der Waals surface area (Å²) in [6.07, 6.45) is 65.1. The van der Waals surface area contributed by atoms with Gasteiger partial charge in [0.2, 0.25) is 0 Å². The van der Waals surface area contributed by atoms with Gasteiger partial charge in [0.1, 0.15) is 6.61 Å². The minimum Gasteiger partial charge on any atom is -0.462 e. The second-order valence-electron chi connectivity index (χ2n) is 19.7. The molecule has 1 N–H and O–H groups in total. The summed E-state index contributed by atoms with van der Waals surface area (Å²) >= 11 is 0. The van der Waals surface area contributed by atoms with E-state index in [0.717, 1.165) is 32.1 Å². The molecule has 0 radical (unpaired) electrons. The number of carbonyl (C=O) groups excluding carboxylic acids is 2. The summed E-state index contributed by atoms with van der Waals surface area (Å²) < 4.78 is 10.7. The summed E-state index contributed by atoms with van der Waals surface area (Å²) in [4.78, 5) is 24.5. The number of carbonyl (C=O) groups is 2. The maximum atomic E-state index is 12.3. The van der Waals surface area contributed by atoms with E-state index in [2.05, 4.69) is 13.8 Å². The lowest BCUT2D eigenvalue weighted by molar-refractivity contribution is -0.161. The van der Waals surface area contributed by atoms with Gasteiger partial charge in [0.15, 0.2) is 6.10 Å². The fraction of sp³-hybridized carbons (Fsp3) is 0.965. The lowest BCUT2D eigenvalue weighted by Crippen LogP contribution is -2.28. The summed E-state index contributed by atoms with van der Waals surface area (Å²) in [6.45, 7) is 4.21. The highest BCUT2D eigenvalue weighted by molar-refractivity contribution is 5.70. The second-order valence-corrected chi connectivity index (χ2v) is 19.7. The smallest absolute Gasteiger partial charge is 0.306 e. The van der Waals surface area contributed by atoms with Crippen LogP contribution in [0.15, 0.2) is 0 Å². The van der Waals surface area contributed by atoms with Crippen molar-refractivity contribution in [3.8, 4) is 0 Å². The number of unbranched alkanes of at least 4 members (excludes halogenated alkanes) is 46. The highest BCUT2D eigenvalue weighted by Gasteiger charge is 2.16. The third-order valence-corrected chi connectivity index (χ3v) is 13.4. The number of hydrogen-bond acceptors (Lipinski definition) is 5. The molecule has 0 aromatic rings. The predicted octanol–water partition coefficient (Wildman–Crippen LogP) is 19.0. The van der Waals surface area contributed by atoms with Crippen LogP contribution in [0.25, 0.3) is 0 Å². The van der Waals surface area contributed by atoms with E-state index in [1.807, 2.05) is 0 Å². The molecule has 0 fully saturated rings. The lowest BCUT2D eigenvalue weighted by atomic mass is 10.0. The Hall–Kier alpha value is -1.10. The maximum absolute atomic E-state index is 12.3. The van der Waals surface area contributed by atoms with Crippen LogP contribution in [0.3, 0.4) is 0 Å². The van der Waals surface area contributed by atoms with Gasteiger partial charge in [0.25, 0.3) is 0 Å². The van der Waals surface area contributed by atoms with Crippen LogP contribution in [0, 0.1) is 0 Å². The molecule has 0 aliphatic heterocycles. The van der Waals surface area contributed by atoms with Crippen molar-refractivity contribution in [2.45, 2.75) is 341 Å². The van der Waals surface area contributed by atoms with Gasteiger partial charge in [0.05, 0.1) is 6.61 Å². The molecular weight excluding hydrogens is 765 g/mol. The van der Waals surface area contributed by atoms with E-state index in [-0.39, 0.29) is 25.2 Å². The van der Waals surface area contributed by atoms with Gasteiger partial charge in [0, 0.05) is 12.8 Å². The molecule has 0 spiro atoms. The number of rotatable bonds is 54. The highest BCUT2D eigenvalue weighted by atomic mass is 16.6. The summed E-state index contributed by atoms with van der Waals surface area (Å²) in [5.74, 6) is -0.563. The molecule has 0 aliphatic carbocycles. The van der Waals surface area contributed by atoms with Gasteiger partial charge in [-0.3, -0.25) is 9.59 Å². The van der Waals surface area contributed by atoms with Crippen LogP contribution >= 0.6 is 0 Å². The largest absolute Gasteiger partial charge is 0.462 e. The van der Waals surface area contributed by atoms with E-state index in [1.54, 1.807) is 0 Å². The first kappa shape index (κ1) is 60.9. The van der Waals surface area contributed by atoms with Crippen LogP contribution in [0.4, 0.5) is 0 Å². The fourth-order valence-electron chi connectivity index (χ4n) is 9.09. The lowest BCUT2D eigenvalue weighted by Gasteiger charge is -2.15. The Labute approximate surface area is 389 Å². The first-order valence-corrected chi connectivity index (χ1v) is 28.6. The van der Waals surface area contributed by atoms with Crippen molar-refractivity contribution in [3.05, 3.63) is 0 Å². The van der Waals surface area contributed by atoms with Crippen molar-refractivity contribution < 1.29 is 24.2 Å². The average molecular weight is 878 g/mol. The van der Waals surface area contributed by atoms with E-state index in [4.69, 9.17) is 9.47 Å². The normalized spacial score (nSPS) is 12.0. The van der Waals surface area contributed by atoms with Gasteiger partial charge in [-0.15, -0.1) is 0 Å². The molecule has 5 nitrogen and oxygen atoms in total. The van der Waals surface area contributed by atoms with Crippen LogP contribution in [0.1, 0.15) is 335 Å². The second kappa shape index (κ2) is 54.2. The van der Waals surface area contributed by atoms with Crippen LogP contribution in [0.5, 0.6) is 0 Å². The molecule has 1 atom stereocenters. The van der Waals surface area contributed by atoms with Gasteiger partial charge < -0.3 is 14.6 Å². The zero-order chi connectivity index (χ0) is 44.9.